The van der Waals surface area contributed by atoms with Crippen molar-refractivity contribution in [1.29, 1.82) is 0 Å². The van der Waals surface area contributed by atoms with E-state index in [0.29, 0.717) is 29.3 Å². The van der Waals surface area contributed by atoms with E-state index in [-0.39, 0.29) is 5.91 Å². The van der Waals surface area contributed by atoms with Crippen LogP contribution in [-0.4, -0.2) is 40.1 Å². The Balaban J connectivity index is 1.62. The number of carbonyl (C=O) groups is 1. The molecule has 6 nitrogen and oxygen atoms in total. The number of amides is 1. The van der Waals surface area contributed by atoms with E-state index in [1.54, 1.807) is 18.7 Å². The van der Waals surface area contributed by atoms with Crippen molar-refractivity contribution in [3.63, 3.8) is 0 Å². The van der Waals surface area contributed by atoms with Crippen molar-refractivity contribution < 1.29 is 9.32 Å². The van der Waals surface area contributed by atoms with Gasteiger partial charge in [0, 0.05) is 5.25 Å². The van der Waals surface area contributed by atoms with Crippen LogP contribution < -0.4 is 10.6 Å². The number of hydrogen-bond donors (Lipinski definition) is 2. The molecule has 1 amide bonds. The summed E-state index contributed by atoms with van der Waals surface area (Å²) in [6, 6.07) is 0. The second-order valence-corrected chi connectivity index (χ2v) is 5.56. The molecule has 1 aliphatic rings. The summed E-state index contributed by atoms with van der Waals surface area (Å²) >= 11 is 1.73. The molecular weight excluding hydrogens is 252 g/mol. The van der Waals surface area contributed by atoms with Crippen LogP contribution in [0.1, 0.15) is 24.6 Å². The van der Waals surface area contributed by atoms with Crippen LogP contribution in [0.4, 0.5) is 0 Å². The quantitative estimate of drug-likeness (QED) is 0.810. The topological polar surface area (TPSA) is 80.0 Å². The van der Waals surface area contributed by atoms with Gasteiger partial charge in [-0.25, -0.2) is 0 Å². The van der Waals surface area contributed by atoms with Crippen LogP contribution >= 0.6 is 11.8 Å². The van der Waals surface area contributed by atoms with Crippen molar-refractivity contribution in [1.82, 2.24) is 20.8 Å². The summed E-state index contributed by atoms with van der Waals surface area (Å²) in [6.45, 7) is 4.18. The fourth-order valence-corrected chi connectivity index (χ4v) is 2.85. The number of aryl methyl sites for hydroxylation is 1. The molecule has 7 heteroatoms. The van der Waals surface area contributed by atoms with Crippen LogP contribution in [0.5, 0.6) is 0 Å². The van der Waals surface area contributed by atoms with Crippen molar-refractivity contribution in [2.45, 2.75) is 31.6 Å². The first-order chi connectivity index (χ1) is 8.74. The van der Waals surface area contributed by atoms with Gasteiger partial charge in [0.05, 0.1) is 12.3 Å². The number of thioether (sulfide) groups is 1. The van der Waals surface area contributed by atoms with Crippen LogP contribution in [0.2, 0.25) is 0 Å². The third-order valence-electron chi connectivity index (χ3n) is 2.74. The highest BCUT2D eigenvalue weighted by atomic mass is 32.2. The molecule has 1 saturated heterocycles. The number of hydrogen-bond acceptors (Lipinski definition) is 6. The van der Waals surface area contributed by atoms with Gasteiger partial charge in [0.15, 0.2) is 5.82 Å². The van der Waals surface area contributed by atoms with E-state index >= 15 is 0 Å². The van der Waals surface area contributed by atoms with Gasteiger partial charge in [0.2, 0.25) is 11.8 Å². The van der Waals surface area contributed by atoms with Gasteiger partial charge in [-0.2, -0.15) is 4.98 Å². The smallest absolute Gasteiger partial charge is 0.246 e. The number of piperidine rings is 1. The summed E-state index contributed by atoms with van der Waals surface area (Å²) in [5, 5.41) is 10.4. The average molecular weight is 270 g/mol. The Morgan fingerprint density at radius 1 is 1.56 bits per heavy atom. The molecule has 0 bridgehead atoms. The van der Waals surface area contributed by atoms with Gasteiger partial charge in [-0.05, 0) is 32.9 Å². The fraction of sp³-hybridized carbons (Fsp3) is 0.727. The average Bonchev–Trinajstić information content (AvgIpc) is 2.81. The van der Waals surface area contributed by atoms with E-state index in [1.807, 2.05) is 0 Å². The lowest BCUT2D eigenvalue weighted by molar-refractivity contribution is -0.118. The summed E-state index contributed by atoms with van der Waals surface area (Å²) in [6.07, 6.45) is 2.28. The van der Waals surface area contributed by atoms with E-state index in [4.69, 9.17) is 4.52 Å². The number of aromatic nitrogens is 2. The molecule has 2 rings (SSSR count). The molecule has 1 aromatic heterocycles. The van der Waals surface area contributed by atoms with Crippen LogP contribution in [0.25, 0.3) is 0 Å². The summed E-state index contributed by atoms with van der Waals surface area (Å²) in [5.41, 5.74) is 0. The zero-order valence-electron chi connectivity index (χ0n) is 10.4. The lowest BCUT2D eigenvalue weighted by atomic mass is 10.2. The molecule has 2 heterocycles. The molecule has 0 aliphatic carbocycles. The first-order valence-electron chi connectivity index (χ1n) is 6.12. The van der Waals surface area contributed by atoms with E-state index in [2.05, 4.69) is 20.8 Å². The van der Waals surface area contributed by atoms with Gasteiger partial charge in [-0.3, -0.25) is 4.79 Å². The predicted octanol–water partition coefficient (Wildman–Crippen LogP) is 0.479. The van der Waals surface area contributed by atoms with Gasteiger partial charge in [-0.1, -0.05) is 5.16 Å². The highest BCUT2D eigenvalue weighted by Gasteiger charge is 2.15. The number of rotatable bonds is 5. The summed E-state index contributed by atoms with van der Waals surface area (Å²) in [4.78, 5) is 15.7. The summed E-state index contributed by atoms with van der Waals surface area (Å²) < 4.78 is 4.92. The molecule has 2 N–H and O–H groups in total. The van der Waals surface area contributed by atoms with E-state index in [0.717, 1.165) is 25.9 Å². The Bertz CT molecular complexity index is 390. The summed E-state index contributed by atoms with van der Waals surface area (Å²) in [5.74, 6) is 1.56. The Labute approximate surface area is 110 Å². The molecule has 1 aliphatic heterocycles. The van der Waals surface area contributed by atoms with Gasteiger partial charge in [0.25, 0.3) is 0 Å². The maximum Gasteiger partial charge on any atom is 0.246 e. The summed E-state index contributed by atoms with van der Waals surface area (Å²) in [7, 11) is 0. The van der Waals surface area contributed by atoms with Gasteiger partial charge >= 0.3 is 0 Å². The molecule has 0 atom stereocenters. The van der Waals surface area contributed by atoms with Gasteiger partial charge in [0.1, 0.15) is 0 Å². The molecule has 0 aromatic carbocycles. The number of nitrogens with zero attached hydrogens (tertiary/aromatic N) is 2. The molecule has 1 fully saturated rings. The molecular formula is C11H18N4O2S. The number of carbonyl (C=O) groups excluding carboxylic acids is 1. The van der Waals surface area contributed by atoms with Gasteiger partial charge < -0.3 is 15.2 Å². The van der Waals surface area contributed by atoms with Crippen LogP contribution in [0.3, 0.4) is 0 Å². The monoisotopic (exact) mass is 270 g/mol. The first-order valence-corrected chi connectivity index (χ1v) is 7.17. The Morgan fingerprint density at radius 3 is 3.00 bits per heavy atom. The third kappa shape index (κ3) is 4.30. The lowest BCUT2D eigenvalue weighted by Gasteiger charge is -2.21. The normalized spacial score (nSPS) is 16.7. The van der Waals surface area contributed by atoms with Crippen molar-refractivity contribution in [3.05, 3.63) is 11.7 Å². The maximum atomic E-state index is 11.6. The zero-order valence-corrected chi connectivity index (χ0v) is 11.3. The Morgan fingerprint density at radius 2 is 2.33 bits per heavy atom. The molecule has 18 heavy (non-hydrogen) atoms. The highest BCUT2D eigenvalue weighted by molar-refractivity contribution is 8.00. The first kappa shape index (κ1) is 13.4. The molecule has 0 spiro atoms. The standard InChI is InChI=1S/C11H18N4O2S/c1-8-14-11(17-15-8)6-13-10(16)7-18-9-2-4-12-5-3-9/h9,12H,2-7H2,1H3,(H,13,16). The third-order valence-corrected chi connectivity index (χ3v) is 4.11. The van der Waals surface area contributed by atoms with E-state index < -0.39 is 0 Å². The Kier molecular flexibility index (Phi) is 5.00. The fourth-order valence-electron chi connectivity index (χ4n) is 1.79. The van der Waals surface area contributed by atoms with Crippen LogP contribution in [0, 0.1) is 6.92 Å². The molecule has 100 valence electrons. The van der Waals surface area contributed by atoms with Crippen molar-refractivity contribution in [3.8, 4) is 0 Å². The second kappa shape index (κ2) is 6.75. The maximum absolute atomic E-state index is 11.6. The van der Waals surface area contributed by atoms with Crippen molar-refractivity contribution >= 4 is 17.7 Å². The van der Waals surface area contributed by atoms with Crippen molar-refractivity contribution in [2.75, 3.05) is 18.8 Å². The van der Waals surface area contributed by atoms with Gasteiger partial charge in [-0.15, -0.1) is 11.8 Å². The predicted molar refractivity (Wildman–Crippen MR) is 69.2 cm³/mol. The molecule has 0 unspecified atom stereocenters. The van der Waals surface area contributed by atoms with Crippen molar-refractivity contribution in [2.24, 2.45) is 0 Å². The highest BCUT2D eigenvalue weighted by Crippen LogP contribution is 2.19. The van der Waals surface area contributed by atoms with Crippen LogP contribution in [0.15, 0.2) is 4.52 Å². The minimum Gasteiger partial charge on any atom is -0.346 e. The Hall–Kier alpha value is -1.08. The van der Waals surface area contributed by atoms with Crippen LogP contribution in [-0.2, 0) is 11.3 Å². The SMILES string of the molecule is Cc1noc(CNC(=O)CSC2CCNCC2)n1. The largest absolute Gasteiger partial charge is 0.346 e. The van der Waals surface area contributed by atoms with E-state index in [1.165, 1.54) is 0 Å². The number of nitrogens with one attached hydrogen (secondary N) is 2. The molecule has 0 radical (unpaired) electrons. The molecule has 0 saturated carbocycles. The minimum atomic E-state index is 0.0226. The molecule has 1 aromatic rings. The lowest BCUT2D eigenvalue weighted by Crippen LogP contribution is -2.31. The minimum absolute atomic E-state index is 0.0226. The zero-order chi connectivity index (χ0) is 12.8. The second-order valence-electron chi connectivity index (χ2n) is 4.27. The van der Waals surface area contributed by atoms with E-state index in [9.17, 15) is 4.79 Å².